The number of hydrogen-bond donors (Lipinski definition) is 1. The highest BCUT2D eigenvalue weighted by molar-refractivity contribution is 7.12. The van der Waals surface area contributed by atoms with Crippen molar-refractivity contribution in [2.24, 2.45) is 0 Å². The van der Waals surface area contributed by atoms with Crippen LogP contribution in [-0.4, -0.2) is 11.9 Å². The monoisotopic (exact) mass is 260 g/mol. The Labute approximate surface area is 108 Å². The number of benzene rings is 1. The van der Waals surface area contributed by atoms with Gasteiger partial charge in [-0.3, -0.25) is 4.79 Å². The van der Waals surface area contributed by atoms with Crippen molar-refractivity contribution in [2.45, 2.75) is 6.04 Å². The van der Waals surface area contributed by atoms with E-state index in [1.807, 2.05) is 0 Å². The van der Waals surface area contributed by atoms with Gasteiger partial charge in [-0.25, -0.2) is 0 Å². The number of carboxylic acids is 1. The molecule has 0 aliphatic heterocycles. The molecule has 2 aromatic rings. The van der Waals surface area contributed by atoms with Gasteiger partial charge in [-0.2, -0.15) is 0 Å². The number of rotatable bonds is 4. The highest BCUT2D eigenvalue weighted by atomic mass is 32.1. The van der Waals surface area contributed by atoms with Crippen LogP contribution in [0.2, 0.25) is 0 Å². The summed E-state index contributed by atoms with van der Waals surface area (Å²) < 4.78 is 0. The molecule has 4 nitrogen and oxygen atoms in total. The predicted octanol–water partition coefficient (Wildman–Crippen LogP) is 0.969. The van der Waals surface area contributed by atoms with E-state index in [1.165, 1.54) is 11.3 Å². The van der Waals surface area contributed by atoms with E-state index in [0.717, 1.165) is 0 Å². The molecule has 2 rings (SSSR count). The summed E-state index contributed by atoms with van der Waals surface area (Å²) in [5.74, 6) is -1.74. The largest absolute Gasteiger partial charge is 0.548 e. The van der Waals surface area contributed by atoms with Gasteiger partial charge in [-0.05, 0) is 17.0 Å². The third-order valence-electron chi connectivity index (χ3n) is 2.39. The van der Waals surface area contributed by atoms with Crippen LogP contribution in [0.5, 0.6) is 0 Å². The second-order valence-corrected chi connectivity index (χ2v) is 4.56. The average Bonchev–Trinajstić information content (AvgIpc) is 2.90. The molecule has 0 fully saturated rings. The molecule has 1 aromatic heterocycles. The van der Waals surface area contributed by atoms with E-state index in [1.54, 1.807) is 47.8 Å². The van der Waals surface area contributed by atoms with Crippen molar-refractivity contribution in [2.75, 3.05) is 0 Å². The standard InChI is InChI=1S/C13H11NO3S/c15-12(10-7-4-8-18-10)14-11(13(16)17)9-5-2-1-3-6-9/h1-8,11H,(H,14,15)(H,16,17)/p-1/t11-/m1/s1. The molecule has 92 valence electrons. The molecule has 0 unspecified atom stereocenters. The molecular weight excluding hydrogens is 250 g/mol. The van der Waals surface area contributed by atoms with Gasteiger partial charge in [0.05, 0.1) is 16.9 Å². The number of nitrogens with one attached hydrogen (secondary N) is 1. The molecule has 0 aliphatic rings. The fraction of sp³-hybridized carbons (Fsp3) is 0.0769. The summed E-state index contributed by atoms with van der Waals surface area (Å²) in [6.45, 7) is 0. The number of carbonyl (C=O) groups excluding carboxylic acids is 2. The zero-order valence-corrected chi connectivity index (χ0v) is 10.1. The van der Waals surface area contributed by atoms with Crippen LogP contribution in [0.15, 0.2) is 47.8 Å². The molecule has 0 saturated heterocycles. The van der Waals surface area contributed by atoms with Crippen molar-refractivity contribution in [3.8, 4) is 0 Å². The summed E-state index contributed by atoms with van der Waals surface area (Å²) in [5, 5.41) is 15.3. The smallest absolute Gasteiger partial charge is 0.262 e. The molecule has 0 aliphatic carbocycles. The maximum atomic E-state index is 11.8. The Kier molecular flexibility index (Phi) is 3.74. The Morgan fingerprint density at radius 1 is 1.11 bits per heavy atom. The number of amides is 1. The van der Waals surface area contributed by atoms with Crippen molar-refractivity contribution in [1.29, 1.82) is 0 Å². The third kappa shape index (κ3) is 2.75. The summed E-state index contributed by atoms with van der Waals surface area (Å²) in [6, 6.07) is 10.7. The van der Waals surface area contributed by atoms with Crippen molar-refractivity contribution in [1.82, 2.24) is 5.32 Å². The Balaban J connectivity index is 2.18. The highest BCUT2D eigenvalue weighted by Crippen LogP contribution is 2.14. The van der Waals surface area contributed by atoms with Gasteiger partial charge < -0.3 is 15.2 Å². The summed E-state index contributed by atoms with van der Waals surface area (Å²) in [5.41, 5.74) is 0.488. The first kappa shape index (κ1) is 12.3. The Hall–Kier alpha value is -2.14. The van der Waals surface area contributed by atoms with Crippen LogP contribution in [0.1, 0.15) is 21.3 Å². The van der Waals surface area contributed by atoms with Crippen molar-refractivity contribution in [3.05, 3.63) is 58.3 Å². The maximum absolute atomic E-state index is 11.8. The molecule has 1 N–H and O–H groups in total. The Bertz CT molecular complexity index is 537. The van der Waals surface area contributed by atoms with Crippen LogP contribution < -0.4 is 10.4 Å². The molecule has 18 heavy (non-hydrogen) atoms. The van der Waals surface area contributed by atoms with Crippen molar-refractivity contribution < 1.29 is 14.7 Å². The molecular formula is C13H10NO3S-. The summed E-state index contributed by atoms with van der Waals surface area (Å²) >= 11 is 1.25. The SMILES string of the molecule is O=C(N[C@@H](C(=O)[O-])c1ccccc1)c1cccs1. The highest BCUT2D eigenvalue weighted by Gasteiger charge is 2.16. The first-order chi connectivity index (χ1) is 8.68. The Morgan fingerprint density at radius 2 is 1.83 bits per heavy atom. The maximum Gasteiger partial charge on any atom is 0.262 e. The molecule has 0 spiro atoms. The number of thiophene rings is 1. The molecule has 5 heteroatoms. The van der Waals surface area contributed by atoms with E-state index in [0.29, 0.717) is 10.4 Å². The zero-order valence-electron chi connectivity index (χ0n) is 9.33. The first-order valence-corrected chi connectivity index (χ1v) is 6.16. The molecule has 0 radical (unpaired) electrons. The lowest BCUT2D eigenvalue weighted by Crippen LogP contribution is -2.41. The van der Waals surface area contributed by atoms with Gasteiger partial charge in [0.1, 0.15) is 0 Å². The average molecular weight is 260 g/mol. The minimum absolute atomic E-state index is 0.414. The van der Waals surface area contributed by atoms with E-state index in [2.05, 4.69) is 5.32 Å². The van der Waals surface area contributed by atoms with Crippen LogP contribution in [0, 0.1) is 0 Å². The first-order valence-electron chi connectivity index (χ1n) is 5.28. The van der Waals surface area contributed by atoms with Crippen LogP contribution in [0.3, 0.4) is 0 Å². The minimum atomic E-state index is -1.33. The fourth-order valence-corrected chi connectivity index (χ4v) is 2.16. The van der Waals surface area contributed by atoms with Crippen LogP contribution in [0.4, 0.5) is 0 Å². The molecule has 1 aromatic carbocycles. The number of aliphatic carboxylic acids is 1. The zero-order chi connectivity index (χ0) is 13.0. The van der Waals surface area contributed by atoms with E-state index >= 15 is 0 Å². The lowest BCUT2D eigenvalue weighted by molar-refractivity contribution is -0.308. The molecule has 0 bridgehead atoms. The van der Waals surface area contributed by atoms with E-state index in [-0.39, 0.29) is 0 Å². The minimum Gasteiger partial charge on any atom is -0.548 e. The molecule has 1 amide bonds. The topological polar surface area (TPSA) is 69.2 Å². The third-order valence-corrected chi connectivity index (χ3v) is 3.26. The van der Waals surface area contributed by atoms with E-state index in [9.17, 15) is 14.7 Å². The summed E-state index contributed by atoms with van der Waals surface area (Å²) in [6.07, 6.45) is 0. The van der Waals surface area contributed by atoms with Crippen LogP contribution >= 0.6 is 11.3 Å². The van der Waals surface area contributed by atoms with E-state index in [4.69, 9.17) is 0 Å². The lowest BCUT2D eigenvalue weighted by atomic mass is 10.1. The van der Waals surface area contributed by atoms with Gasteiger partial charge in [0.15, 0.2) is 0 Å². The Morgan fingerprint density at radius 3 is 2.39 bits per heavy atom. The normalized spacial score (nSPS) is 11.8. The van der Waals surface area contributed by atoms with Gasteiger partial charge in [-0.15, -0.1) is 11.3 Å². The second-order valence-electron chi connectivity index (χ2n) is 3.61. The second kappa shape index (κ2) is 5.46. The molecule has 1 heterocycles. The van der Waals surface area contributed by atoms with Crippen molar-refractivity contribution in [3.63, 3.8) is 0 Å². The van der Waals surface area contributed by atoms with Gasteiger partial charge >= 0.3 is 0 Å². The van der Waals surface area contributed by atoms with E-state index < -0.39 is 17.9 Å². The number of carbonyl (C=O) groups is 2. The van der Waals surface area contributed by atoms with Crippen molar-refractivity contribution >= 4 is 23.2 Å². The van der Waals surface area contributed by atoms with Gasteiger partial charge in [0.2, 0.25) is 0 Å². The summed E-state index contributed by atoms with van der Waals surface area (Å²) in [4.78, 5) is 23.4. The predicted molar refractivity (Wildman–Crippen MR) is 66.0 cm³/mol. The van der Waals surface area contributed by atoms with Gasteiger partial charge in [0, 0.05) is 0 Å². The number of carboxylic acid groups (broad SMARTS) is 1. The van der Waals surface area contributed by atoms with Crippen LogP contribution in [0.25, 0.3) is 0 Å². The quantitative estimate of drug-likeness (QED) is 0.890. The molecule has 0 saturated carbocycles. The van der Waals surface area contributed by atoms with Gasteiger partial charge in [-0.1, -0.05) is 36.4 Å². The fourth-order valence-electron chi connectivity index (χ4n) is 1.53. The lowest BCUT2D eigenvalue weighted by Gasteiger charge is -2.19. The van der Waals surface area contributed by atoms with Gasteiger partial charge in [0.25, 0.3) is 5.91 Å². The summed E-state index contributed by atoms with van der Waals surface area (Å²) in [7, 11) is 0. The van der Waals surface area contributed by atoms with Crippen LogP contribution in [-0.2, 0) is 4.79 Å². The molecule has 1 atom stereocenters. The number of hydrogen-bond acceptors (Lipinski definition) is 4.